The summed E-state index contributed by atoms with van der Waals surface area (Å²) in [5.41, 5.74) is 0.871. The summed E-state index contributed by atoms with van der Waals surface area (Å²) in [6.07, 6.45) is 2.63. The van der Waals surface area contributed by atoms with E-state index < -0.39 is 0 Å². The third kappa shape index (κ3) is 2.99. The van der Waals surface area contributed by atoms with Crippen molar-refractivity contribution in [2.75, 3.05) is 19.0 Å². The highest BCUT2D eigenvalue weighted by Crippen LogP contribution is 2.29. The average molecular weight is 291 g/mol. The van der Waals surface area contributed by atoms with Gasteiger partial charge in [-0.3, -0.25) is 0 Å². The molecule has 0 unspecified atom stereocenters. The quantitative estimate of drug-likeness (QED) is 0.866. The molecule has 1 saturated carbocycles. The maximum Gasteiger partial charge on any atom is 0.229 e. The highest BCUT2D eigenvalue weighted by molar-refractivity contribution is 6.28. The molecule has 5 nitrogen and oxygen atoms in total. The van der Waals surface area contributed by atoms with Crippen LogP contribution in [-0.4, -0.2) is 35.2 Å². The van der Waals surface area contributed by atoms with E-state index in [-0.39, 0.29) is 5.28 Å². The Morgan fingerprint density at radius 3 is 2.70 bits per heavy atom. The summed E-state index contributed by atoms with van der Waals surface area (Å²) in [6.45, 7) is 0. The molecule has 0 bridgehead atoms. The third-order valence-electron chi connectivity index (χ3n) is 2.92. The molecule has 104 valence electrons. The van der Waals surface area contributed by atoms with Gasteiger partial charge in [-0.25, -0.2) is 0 Å². The number of anilines is 1. The average Bonchev–Trinajstić information content (AvgIpc) is 3.22. The third-order valence-corrected chi connectivity index (χ3v) is 3.08. The fraction of sp³-hybridized carbons (Fsp3) is 0.357. The summed E-state index contributed by atoms with van der Waals surface area (Å²) in [5, 5.41) is 0.187. The van der Waals surface area contributed by atoms with Crippen LogP contribution in [0, 0.1) is 0 Å². The predicted octanol–water partition coefficient (Wildman–Crippen LogP) is 2.80. The Hall–Kier alpha value is -1.88. The van der Waals surface area contributed by atoms with Crippen LogP contribution >= 0.6 is 11.6 Å². The molecule has 0 aliphatic heterocycles. The van der Waals surface area contributed by atoms with Crippen molar-refractivity contribution in [3.8, 4) is 17.1 Å². The van der Waals surface area contributed by atoms with Crippen molar-refractivity contribution in [1.82, 2.24) is 15.0 Å². The van der Waals surface area contributed by atoms with Gasteiger partial charge >= 0.3 is 0 Å². The number of hydrogen-bond acceptors (Lipinski definition) is 5. The topological polar surface area (TPSA) is 51.1 Å². The maximum atomic E-state index is 5.96. The second kappa shape index (κ2) is 5.25. The number of ether oxygens (including phenoxy) is 1. The Labute approximate surface area is 122 Å². The van der Waals surface area contributed by atoms with Gasteiger partial charge in [-0.05, 0) is 36.6 Å². The molecule has 0 spiro atoms. The number of benzene rings is 1. The SMILES string of the molecule is CN(C)c1nc(Cl)nc(-c2cccc(OC3CC3)c2)n1. The first kappa shape index (κ1) is 13.1. The lowest BCUT2D eigenvalue weighted by molar-refractivity contribution is 0.303. The Morgan fingerprint density at radius 1 is 1.20 bits per heavy atom. The molecule has 6 heteroatoms. The van der Waals surface area contributed by atoms with Crippen LogP contribution in [0.2, 0.25) is 5.28 Å². The van der Waals surface area contributed by atoms with Crippen LogP contribution in [0.3, 0.4) is 0 Å². The normalized spacial score (nSPS) is 14.2. The molecule has 0 N–H and O–H groups in total. The first-order valence-electron chi connectivity index (χ1n) is 6.48. The van der Waals surface area contributed by atoms with Crippen molar-refractivity contribution in [3.63, 3.8) is 0 Å². The lowest BCUT2D eigenvalue weighted by Gasteiger charge is -2.11. The first-order chi connectivity index (χ1) is 9.61. The Balaban J connectivity index is 1.94. The summed E-state index contributed by atoms with van der Waals surface area (Å²) >= 11 is 5.96. The smallest absolute Gasteiger partial charge is 0.229 e. The van der Waals surface area contributed by atoms with E-state index in [1.54, 1.807) is 4.90 Å². The van der Waals surface area contributed by atoms with Crippen molar-refractivity contribution >= 4 is 17.5 Å². The van der Waals surface area contributed by atoms with Gasteiger partial charge in [0.15, 0.2) is 5.82 Å². The molecule has 0 radical (unpaired) electrons. The zero-order chi connectivity index (χ0) is 14.1. The van der Waals surface area contributed by atoms with Gasteiger partial charge in [0, 0.05) is 19.7 Å². The largest absolute Gasteiger partial charge is 0.490 e. The molecule has 1 fully saturated rings. The minimum Gasteiger partial charge on any atom is -0.490 e. The van der Waals surface area contributed by atoms with Crippen molar-refractivity contribution in [1.29, 1.82) is 0 Å². The molecule has 1 aliphatic rings. The second-order valence-corrected chi connectivity index (χ2v) is 5.31. The van der Waals surface area contributed by atoms with E-state index >= 15 is 0 Å². The zero-order valence-corrected chi connectivity index (χ0v) is 12.1. The van der Waals surface area contributed by atoms with Gasteiger partial charge in [-0.15, -0.1) is 0 Å². The van der Waals surface area contributed by atoms with Crippen LogP contribution in [0.5, 0.6) is 5.75 Å². The summed E-state index contributed by atoms with van der Waals surface area (Å²) in [4.78, 5) is 14.5. The Morgan fingerprint density at radius 2 is 2.00 bits per heavy atom. The highest BCUT2D eigenvalue weighted by atomic mass is 35.5. The summed E-state index contributed by atoms with van der Waals surface area (Å²) in [5.74, 6) is 1.93. The minimum atomic E-state index is 0.187. The maximum absolute atomic E-state index is 5.96. The monoisotopic (exact) mass is 290 g/mol. The number of hydrogen-bond donors (Lipinski definition) is 0. The van der Waals surface area contributed by atoms with Gasteiger partial charge in [0.2, 0.25) is 11.2 Å². The first-order valence-corrected chi connectivity index (χ1v) is 6.85. The molecule has 1 aromatic heterocycles. The molecular formula is C14H15ClN4O. The lowest BCUT2D eigenvalue weighted by Crippen LogP contribution is -2.13. The molecule has 1 aromatic carbocycles. The molecule has 0 saturated heterocycles. The Bertz CT molecular complexity index is 628. The van der Waals surface area contributed by atoms with Gasteiger partial charge < -0.3 is 9.64 Å². The summed E-state index contributed by atoms with van der Waals surface area (Å²) < 4.78 is 5.78. The standard InChI is InChI=1S/C14H15ClN4O/c1-19(2)14-17-12(16-13(15)18-14)9-4-3-5-11(8-9)20-10-6-7-10/h3-5,8,10H,6-7H2,1-2H3. The zero-order valence-electron chi connectivity index (χ0n) is 11.4. The number of nitrogens with zero attached hydrogens (tertiary/aromatic N) is 4. The van der Waals surface area contributed by atoms with E-state index in [0.717, 1.165) is 24.2 Å². The van der Waals surface area contributed by atoms with Crippen molar-refractivity contribution in [2.24, 2.45) is 0 Å². The van der Waals surface area contributed by atoms with Crippen molar-refractivity contribution in [2.45, 2.75) is 18.9 Å². The van der Waals surface area contributed by atoms with Gasteiger partial charge in [-0.2, -0.15) is 15.0 Å². The molecule has 2 aromatic rings. The molecule has 0 atom stereocenters. The van der Waals surface area contributed by atoms with Crippen molar-refractivity contribution < 1.29 is 4.74 Å². The van der Waals surface area contributed by atoms with Gasteiger partial charge in [0.05, 0.1) is 6.10 Å². The van der Waals surface area contributed by atoms with Crippen molar-refractivity contribution in [3.05, 3.63) is 29.5 Å². The molecule has 20 heavy (non-hydrogen) atoms. The fourth-order valence-corrected chi connectivity index (χ4v) is 1.91. The molecule has 1 heterocycles. The second-order valence-electron chi connectivity index (χ2n) is 4.97. The van der Waals surface area contributed by atoms with E-state index in [9.17, 15) is 0 Å². The van der Waals surface area contributed by atoms with Gasteiger partial charge in [-0.1, -0.05) is 12.1 Å². The molecule has 1 aliphatic carbocycles. The van der Waals surface area contributed by atoms with Gasteiger partial charge in [0.1, 0.15) is 5.75 Å². The van der Waals surface area contributed by atoms with Crippen LogP contribution < -0.4 is 9.64 Å². The lowest BCUT2D eigenvalue weighted by atomic mass is 10.2. The van der Waals surface area contributed by atoms with E-state index in [2.05, 4.69) is 15.0 Å². The van der Waals surface area contributed by atoms with Crippen LogP contribution in [0.4, 0.5) is 5.95 Å². The minimum absolute atomic E-state index is 0.187. The van der Waals surface area contributed by atoms with E-state index in [4.69, 9.17) is 16.3 Å². The number of rotatable bonds is 4. The van der Waals surface area contributed by atoms with E-state index in [0.29, 0.717) is 17.9 Å². The number of aromatic nitrogens is 3. The summed E-state index contributed by atoms with van der Waals surface area (Å²) in [7, 11) is 3.73. The van der Waals surface area contributed by atoms with Crippen LogP contribution in [-0.2, 0) is 0 Å². The predicted molar refractivity (Wildman–Crippen MR) is 78.3 cm³/mol. The van der Waals surface area contributed by atoms with E-state index in [1.165, 1.54) is 0 Å². The van der Waals surface area contributed by atoms with Crippen LogP contribution in [0.25, 0.3) is 11.4 Å². The van der Waals surface area contributed by atoms with Gasteiger partial charge in [0.25, 0.3) is 0 Å². The van der Waals surface area contributed by atoms with Crippen LogP contribution in [0.1, 0.15) is 12.8 Å². The molecule has 0 amide bonds. The number of halogens is 1. The fourth-order valence-electron chi connectivity index (χ4n) is 1.76. The Kier molecular flexibility index (Phi) is 3.44. The highest BCUT2D eigenvalue weighted by Gasteiger charge is 2.23. The molecular weight excluding hydrogens is 276 g/mol. The molecule has 3 rings (SSSR count). The van der Waals surface area contributed by atoms with E-state index in [1.807, 2.05) is 38.4 Å². The van der Waals surface area contributed by atoms with Crippen LogP contribution in [0.15, 0.2) is 24.3 Å². The summed E-state index contributed by atoms with van der Waals surface area (Å²) in [6, 6.07) is 7.74.